The molecule has 5 nitrogen and oxygen atoms in total. The Balaban J connectivity index is 2.25. The standard InChI is InChI=1S/C10H11F3N2O3/c1-17-7-4-2-6(3-5-7)15-8(10(11,12)13)9(16)18-14-15/h2-5,8-9,14,16H,1H3/q+1. The fourth-order valence-electron chi connectivity index (χ4n) is 1.62. The zero-order valence-corrected chi connectivity index (χ0v) is 9.31. The van der Waals surface area contributed by atoms with Crippen molar-refractivity contribution < 1.29 is 27.9 Å². The first-order valence-corrected chi connectivity index (χ1v) is 5.03. The number of alkyl halides is 3. The number of hydrazine groups is 1. The molecule has 1 heterocycles. The van der Waals surface area contributed by atoms with Gasteiger partial charge in [-0.05, 0) is 24.3 Å². The molecule has 18 heavy (non-hydrogen) atoms. The molecule has 2 N–H and O–H groups in total. The van der Waals surface area contributed by atoms with E-state index in [0.717, 1.165) is 0 Å². The molecule has 0 spiro atoms. The zero-order chi connectivity index (χ0) is 13.3. The van der Waals surface area contributed by atoms with Crippen molar-refractivity contribution in [3.63, 3.8) is 0 Å². The lowest BCUT2D eigenvalue weighted by molar-refractivity contribution is -0.196. The van der Waals surface area contributed by atoms with E-state index in [1.165, 1.54) is 31.4 Å². The van der Waals surface area contributed by atoms with Crippen LogP contribution in [0.1, 0.15) is 0 Å². The lowest BCUT2D eigenvalue weighted by Gasteiger charge is -2.21. The molecule has 2 atom stereocenters. The third-order valence-electron chi connectivity index (χ3n) is 2.51. The molecule has 0 bridgehead atoms. The van der Waals surface area contributed by atoms with Crippen molar-refractivity contribution in [1.82, 2.24) is 5.59 Å². The fraction of sp³-hybridized carbons (Fsp3) is 0.400. The molecular formula is C10H11F3N2O3+. The van der Waals surface area contributed by atoms with Gasteiger partial charge in [-0.2, -0.15) is 13.2 Å². The van der Waals surface area contributed by atoms with Gasteiger partial charge < -0.3 is 9.84 Å². The summed E-state index contributed by atoms with van der Waals surface area (Å²) in [6, 6.07) is 3.70. The lowest BCUT2D eigenvalue weighted by Crippen LogP contribution is -2.49. The Labute approximate surface area is 101 Å². The largest absolute Gasteiger partial charge is 0.497 e. The van der Waals surface area contributed by atoms with E-state index < -0.39 is 18.5 Å². The predicted molar refractivity (Wildman–Crippen MR) is 55.5 cm³/mol. The monoisotopic (exact) mass is 264 g/mol. The molecule has 1 radical (unpaired) electrons. The molecule has 0 saturated carbocycles. The van der Waals surface area contributed by atoms with E-state index in [4.69, 9.17) is 4.74 Å². The molecule has 1 aromatic carbocycles. The van der Waals surface area contributed by atoms with E-state index in [9.17, 15) is 18.3 Å². The SMILES string of the molecule is COc1ccc(N2N[O+]C(O)C2C(F)(F)F)cc1. The van der Waals surface area contributed by atoms with Gasteiger partial charge in [0.15, 0.2) is 0 Å². The van der Waals surface area contributed by atoms with E-state index in [1.807, 2.05) is 5.59 Å². The molecule has 99 valence electrons. The summed E-state index contributed by atoms with van der Waals surface area (Å²) in [6.07, 6.45) is -6.60. The molecule has 2 rings (SSSR count). The maximum atomic E-state index is 12.7. The van der Waals surface area contributed by atoms with Crippen molar-refractivity contribution >= 4 is 5.69 Å². The number of hydrogen-bond acceptors (Lipinski definition) is 5. The van der Waals surface area contributed by atoms with E-state index >= 15 is 0 Å². The summed E-state index contributed by atoms with van der Waals surface area (Å²) < 4.78 is 43.1. The molecule has 8 heteroatoms. The van der Waals surface area contributed by atoms with E-state index in [0.29, 0.717) is 10.8 Å². The topological polar surface area (TPSA) is 56.0 Å². The van der Waals surface area contributed by atoms with E-state index in [-0.39, 0.29) is 5.69 Å². The molecule has 1 aliphatic heterocycles. The predicted octanol–water partition coefficient (Wildman–Crippen LogP) is 1.20. The van der Waals surface area contributed by atoms with E-state index in [1.54, 1.807) is 0 Å². The van der Waals surface area contributed by atoms with Gasteiger partial charge in [0.2, 0.25) is 0 Å². The van der Waals surface area contributed by atoms with E-state index in [2.05, 4.69) is 4.84 Å². The van der Waals surface area contributed by atoms with Crippen molar-refractivity contribution in [3.8, 4) is 5.75 Å². The Bertz CT molecular complexity index is 410. The number of nitrogens with one attached hydrogen (secondary N) is 1. The first-order chi connectivity index (χ1) is 8.43. The molecule has 0 aromatic heterocycles. The van der Waals surface area contributed by atoms with Crippen LogP contribution < -0.4 is 15.3 Å². The van der Waals surface area contributed by atoms with Crippen molar-refractivity contribution in [1.29, 1.82) is 0 Å². The highest BCUT2D eigenvalue weighted by Crippen LogP contribution is 2.33. The molecule has 0 aliphatic carbocycles. The normalized spacial score (nSPS) is 24.4. The van der Waals surface area contributed by atoms with Crippen LogP contribution in [0.15, 0.2) is 24.3 Å². The maximum Gasteiger partial charge on any atom is 0.421 e. The first kappa shape index (κ1) is 12.9. The maximum absolute atomic E-state index is 12.7. The second-order valence-electron chi connectivity index (χ2n) is 3.65. The Morgan fingerprint density at radius 1 is 1.33 bits per heavy atom. The molecule has 0 amide bonds. The average Bonchev–Trinajstić information content (AvgIpc) is 2.71. The molecule has 1 aromatic rings. The summed E-state index contributed by atoms with van der Waals surface area (Å²) >= 11 is 0. The van der Waals surface area contributed by atoms with Crippen LogP contribution in [-0.2, 0) is 4.84 Å². The van der Waals surface area contributed by atoms with Crippen molar-refractivity contribution in [3.05, 3.63) is 24.3 Å². The van der Waals surface area contributed by atoms with Gasteiger partial charge in [-0.15, -0.1) is 0 Å². The Morgan fingerprint density at radius 2 is 1.94 bits per heavy atom. The smallest absolute Gasteiger partial charge is 0.421 e. The van der Waals surface area contributed by atoms with Gasteiger partial charge in [0.25, 0.3) is 6.04 Å². The summed E-state index contributed by atoms with van der Waals surface area (Å²) in [4.78, 5) is 4.40. The van der Waals surface area contributed by atoms with Gasteiger partial charge in [0.05, 0.1) is 18.4 Å². The van der Waals surface area contributed by atoms with Crippen LogP contribution in [0.5, 0.6) is 5.75 Å². The molecule has 1 aliphatic rings. The minimum Gasteiger partial charge on any atom is -0.497 e. The summed E-state index contributed by atoms with van der Waals surface area (Å²) in [5.74, 6) is 0.517. The second-order valence-corrected chi connectivity index (χ2v) is 3.65. The third kappa shape index (κ3) is 2.35. The lowest BCUT2D eigenvalue weighted by atomic mass is 10.2. The number of halogens is 3. The van der Waals surface area contributed by atoms with Crippen LogP contribution in [0.25, 0.3) is 0 Å². The van der Waals surface area contributed by atoms with Crippen LogP contribution in [0.3, 0.4) is 0 Å². The van der Waals surface area contributed by atoms with Gasteiger partial charge in [-0.3, -0.25) is 0 Å². The number of methoxy groups -OCH3 is 1. The van der Waals surface area contributed by atoms with Gasteiger partial charge in [0, 0.05) is 4.84 Å². The number of anilines is 1. The quantitative estimate of drug-likeness (QED) is 0.786. The van der Waals surface area contributed by atoms with Crippen molar-refractivity contribution in [2.24, 2.45) is 0 Å². The number of aliphatic hydroxyl groups is 1. The van der Waals surface area contributed by atoms with Crippen LogP contribution >= 0.6 is 0 Å². The Kier molecular flexibility index (Phi) is 3.33. The highest BCUT2D eigenvalue weighted by molar-refractivity contribution is 5.49. The highest BCUT2D eigenvalue weighted by Gasteiger charge is 2.60. The minimum atomic E-state index is -4.62. The Morgan fingerprint density at radius 3 is 2.44 bits per heavy atom. The first-order valence-electron chi connectivity index (χ1n) is 5.03. The fourth-order valence-corrected chi connectivity index (χ4v) is 1.62. The molecule has 1 fully saturated rings. The van der Waals surface area contributed by atoms with Crippen LogP contribution in [0.4, 0.5) is 18.9 Å². The van der Waals surface area contributed by atoms with Gasteiger partial charge in [0.1, 0.15) is 5.75 Å². The molecule has 1 saturated heterocycles. The highest BCUT2D eigenvalue weighted by atomic mass is 19.4. The third-order valence-corrected chi connectivity index (χ3v) is 2.51. The van der Waals surface area contributed by atoms with Gasteiger partial charge >= 0.3 is 12.5 Å². The molecular weight excluding hydrogens is 253 g/mol. The second kappa shape index (κ2) is 4.63. The average molecular weight is 264 g/mol. The van der Waals surface area contributed by atoms with Gasteiger partial charge in [-0.25, -0.2) is 5.01 Å². The Hall–Kier alpha value is -1.51. The summed E-state index contributed by atoms with van der Waals surface area (Å²) in [5.41, 5.74) is 2.24. The number of benzene rings is 1. The van der Waals surface area contributed by atoms with Crippen LogP contribution in [0.2, 0.25) is 0 Å². The number of nitrogens with zero attached hydrogens (tertiary/aromatic N) is 1. The number of ether oxygens (including phenoxy) is 1. The summed E-state index contributed by atoms with van der Waals surface area (Å²) in [6.45, 7) is 0. The van der Waals surface area contributed by atoms with Crippen molar-refractivity contribution in [2.45, 2.75) is 18.5 Å². The number of aliphatic hydroxyl groups excluding tert-OH is 1. The van der Waals surface area contributed by atoms with Gasteiger partial charge in [-0.1, -0.05) is 0 Å². The summed E-state index contributed by atoms with van der Waals surface area (Å²) in [5, 5.41) is 9.90. The van der Waals surface area contributed by atoms with Crippen LogP contribution in [-0.4, -0.2) is 30.7 Å². The number of hydrogen-bond donors (Lipinski definition) is 2. The van der Waals surface area contributed by atoms with Crippen molar-refractivity contribution in [2.75, 3.05) is 12.1 Å². The molecule has 2 unspecified atom stereocenters. The summed E-state index contributed by atoms with van der Waals surface area (Å²) in [7, 11) is 1.45. The minimum absolute atomic E-state index is 0.203. The van der Waals surface area contributed by atoms with Crippen LogP contribution in [0, 0.1) is 0 Å². The number of rotatable bonds is 2. The zero-order valence-electron chi connectivity index (χ0n) is 9.31.